The molecule has 0 spiro atoms. The van der Waals surface area contributed by atoms with E-state index in [1.807, 2.05) is 30.3 Å². The summed E-state index contributed by atoms with van der Waals surface area (Å²) in [6, 6.07) is 9.23. The molecule has 0 saturated heterocycles. The topological polar surface area (TPSA) is 55.8 Å². The second kappa shape index (κ2) is 7.55. The van der Waals surface area contributed by atoms with Crippen LogP contribution in [0.2, 0.25) is 0 Å². The molecule has 1 atom stereocenters. The van der Waals surface area contributed by atoms with Crippen molar-refractivity contribution in [3.05, 3.63) is 43.0 Å². The standard InChI is InChI=1S/C17H23NO4S/c1-7-17(5,14(19)21-6)18(15(20)22-16(2,3)4)23-13-11-9-8-10-12-13/h7-12H,1H2,2-6H3. The highest BCUT2D eigenvalue weighted by Crippen LogP contribution is 2.33. The van der Waals surface area contributed by atoms with Gasteiger partial charge in [0.15, 0.2) is 5.54 Å². The van der Waals surface area contributed by atoms with Gasteiger partial charge in [-0.05, 0) is 51.8 Å². The zero-order valence-corrected chi connectivity index (χ0v) is 15.0. The van der Waals surface area contributed by atoms with Gasteiger partial charge in [0.05, 0.1) is 7.11 Å². The molecule has 1 rings (SSSR count). The molecule has 1 amide bonds. The highest BCUT2D eigenvalue weighted by molar-refractivity contribution is 7.97. The lowest BCUT2D eigenvalue weighted by Gasteiger charge is -2.36. The van der Waals surface area contributed by atoms with Crippen molar-refractivity contribution in [2.24, 2.45) is 0 Å². The minimum absolute atomic E-state index is 0.596. The van der Waals surface area contributed by atoms with E-state index in [9.17, 15) is 9.59 Å². The Morgan fingerprint density at radius 3 is 2.17 bits per heavy atom. The second-order valence-corrected chi connectivity index (χ2v) is 7.04. The van der Waals surface area contributed by atoms with Gasteiger partial charge in [0.2, 0.25) is 0 Å². The van der Waals surface area contributed by atoms with E-state index < -0.39 is 23.2 Å². The summed E-state index contributed by atoms with van der Waals surface area (Å²) in [6.07, 6.45) is 0.734. The van der Waals surface area contributed by atoms with E-state index in [1.54, 1.807) is 27.7 Å². The molecular weight excluding hydrogens is 314 g/mol. The first kappa shape index (κ1) is 19.1. The van der Waals surface area contributed by atoms with Gasteiger partial charge in [0.25, 0.3) is 0 Å². The molecule has 0 radical (unpaired) electrons. The highest BCUT2D eigenvalue weighted by Gasteiger charge is 2.43. The summed E-state index contributed by atoms with van der Waals surface area (Å²) in [4.78, 5) is 25.6. The van der Waals surface area contributed by atoms with Crippen molar-refractivity contribution < 1.29 is 19.1 Å². The fraction of sp³-hybridized carbons (Fsp3) is 0.412. The van der Waals surface area contributed by atoms with Crippen molar-refractivity contribution in [2.75, 3.05) is 7.11 Å². The van der Waals surface area contributed by atoms with E-state index in [0.717, 1.165) is 16.8 Å². The molecule has 0 aliphatic carbocycles. The Bertz CT molecular complexity index is 568. The quantitative estimate of drug-likeness (QED) is 0.461. The van der Waals surface area contributed by atoms with Crippen LogP contribution in [0.15, 0.2) is 47.9 Å². The smallest absolute Gasteiger partial charge is 0.422 e. The van der Waals surface area contributed by atoms with Gasteiger partial charge in [-0.15, -0.1) is 6.58 Å². The van der Waals surface area contributed by atoms with Crippen molar-refractivity contribution in [1.82, 2.24) is 4.31 Å². The lowest BCUT2D eigenvalue weighted by Crippen LogP contribution is -2.52. The summed E-state index contributed by atoms with van der Waals surface area (Å²) < 4.78 is 11.5. The number of esters is 1. The zero-order chi connectivity index (χ0) is 17.7. The van der Waals surface area contributed by atoms with Gasteiger partial charge in [-0.25, -0.2) is 13.9 Å². The molecule has 0 aliphatic rings. The largest absolute Gasteiger partial charge is 0.467 e. The van der Waals surface area contributed by atoms with E-state index in [1.165, 1.54) is 17.5 Å². The van der Waals surface area contributed by atoms with Crippen LogP contribution in [-0.2, 0) is 14.3 Å². The molecule has 0 aliphatic heterocycles. The maximum Gasteiger partial charge on any atom is 0.422 e. The first-order valence-corrected chi connectivity index (χ1v) is 7.89. The number of rotatable bonds is 5. The summed E-state index contributed by atoms with van der Waals surface area (Å²) in [6.45, 7) is 10.5. The lowest BCUT2D eigenvalue weighted by atomic mass is 10.0. The third-order valence-corrected chi connectivity index (χ3v) is 4.11. The molecule has 0 N–H and O–H groups in total. The molecule has 0 bridgehead atoms. The van der Waals surface area contributed by atoms with Crippen LogP contribution in [0.3, 0.4) is 0 Å². The average Bonchev–Trinajstić information content (AvgIpc) is 2.50. The Hall–Kier alpha value is -1.95. The van der Waals surface area contributed by atoms with E-state index in [2.05, 4.69) is 6.58 Å². The number of amides is 1. The van der Waals surface area contributed by atoms with Gasteiger partial charge < -0.3 is 9.47 Å². The third kappa shape index (κ3) is 5.03. The number of ether oxygens (including phenoxy) is 2. The van der Waals surface area contributed by atoms with Crippen LogP contribution < -0.4 is 0 Å². The molecule has 1 aromatic rings. The minimum Gasteiger partial charge on any atom is -0.467 e. The van der Waals surface area contributed by atoms with Gasteiger partial charge in [0, 0.05) is 4.90 Å². The van der Waals surface area contributed by atoms with Gasteiger partial charge in [-0.1, -0.05) is 24.3 Å². The molecule has 5 nitrogen and oxygen atoms in total. The Balaban J connectivity index is 3.22. The fourth-order valence-corrected chi connectivity index (χ4v) is 2.61. The summed E-state index contributed by atoms with van der Waals surface area (Å²) >= 11 is 1.10. The number of nitrogens with zero attached hydrogens (tertiary/aromatic N) is 1. The SMILES string of the molecule is C=CC(C)(C(=O)OC)N(Sc1ccccc1)C(=O)OC(C)(C)C. The van der Waals surface area contributed by atoms with Crippen LogP contribution in [0.5, 0.6) is 0 Å². The molecule has 23 heavy (non-hydrogen) atoms. The fourth-order valence-electron chi connectivity index (χ4n) is 1.67. The van der Waals surface area contributed by atoms with Crippen LogP contribution in [0.25, 0.3) is 0 Å². The van der Waals surface area contributed by atoms with Crippen molar-refractivity contribution in [3.63, 3.8) is 0 Å². The predicted molar refractivity (Wildman–Crippen MR) is 91.0 cm³/mol. The molecule has 126 valence electrons. The van der Waals surface area contributed by atoms with E-state index in [4.69, 9.17) is 9.47 Å². The van der Waals surface area contributed by atoms with Crippen LogP contribution >= 0.6 is 11.9 Å². The minimum atomic E-state index is -1.36. The highest BCUT2D eigenvalue weighted by atomic mass is 32.2. The van der Waals surface area contributed by atoms with Gasteiger partial charge in [0.1, 0.15) is 5.60 Å². The zero-order valence-electron chi connectivity index (χ0n) is 14.2. The molecule has 1 unspecified atom stereocenters. The van der Waals surface area contributed by atoms with Gasteiger partial charge >= 0.3 is 12.1 Å². The Morgan fingerprint density at radius 2 is 1.74 bits per heavy atom. The maximum atomic E-state index is 12.6. The molecule has 0 heterocycles. The summed E-state index contributed by atoms with van der Waals surface area (Å²) in [7, 11) is 1.27. The third-order valence-electron chi connectivity index (χ3n) is 2.92. The predicted octanol–water partition coefficient (Wildman–Crippen LogP) is 4.05. The average molecular weight is 337 g/mol. The molecule has 6 heteroatoms. The van der Waals surface area contributed by atoms with Gasteiger partial charge in [-0.3, -0.25) is 0 Å². The molecular formula is C17H23NO4S. The molecule has 0 aromatic heterocycles. The normalized spacial score (nSPS) is 13.6. The van der Waals surface area contributed by atoms with E-state index in [0.29, 0.717) is 0 Å². The maximum absolute atomic E-state index is 12.6. The van der Waals surface area contributed by atoms with Crippen LogP contribution in [0, 0.1) is 0 Å². The first-order valence-electron chi connectivity index (χ1n) is 7.12. The van der Waals surface area contributed by atoms with Crippen molar-refractivity contribution in [1.29, 1.82) is 0 Å². The number of hydrogen-bond acceptors (Lipinski definition) is 5. The van der Waals surface area contributed by atoms with Crippen molar-refractivity contribution in [3.8, 4) is 0 Å². The molecule has 0 saturated carbocycles. The Morgan fingerprint density at radius 1 is 1.17 bits per heavy atom. The number of hydrogen-bond donors (Lipinski definition) is 0. The Kier molecular flexibility index (Phi) is 6.27. The Labute approximate surface area is 141 Å². The summed E-state index contributed by atoms with van der Waals surface area (Å²) in [5.74, 6) is -0.596. The van der Waals surface area contributed by atoms with Crippen LogP contribution in [0.4, 0.5) is 4.79 Å². The van der Waals surface area contributed by atoms with Crippen LogP contribution in [-0.4, -0.2) is 34.6 Å². The van der Waals surface area contributed by atoms with E-state index in [-0.39, 0.29) is 0 Å². The monoisotopic (exact) mass is 337 g/mol. The molecule has 1 aromatic carbocycles. The van der Waals surface area contributed by atoms with E-state index >= 15 is 0 Å². The first-order chi connectivity index (χ1) is 10.6. The number of carbonyl (C=O) groups is 2. The number of benzene rings is 1. The van der Waals surface area contributed by atoms with Crippen molar-refractivity contribution >= 4 is 24.0 Å². The van der Waals surface area contributed by atoms with Crippen LogP contribution in [0.1, 0.15) is 27.7 Å². The summed E-state index contributed by atoms with van der Waals surface area (Å²) in [5.41, 5.74) is -2.05. The molecule has 0 fully saturated rings. The van der Waals surface area contributed by atoms with Crippen molar-refractivity contribution in [2.45, 2.75) is 43.7 Å². The van der Waals surface area contributed by atoms with Gasteiger partial charge in [-0.2, -0.15) is 0 Å². The second-order valence-electron chi connectivity index (χ2n) is 6.02. The number of methoxy groups -OCH3 is 1. The summed E-state index contributed by atoms with van der Waals surface area (Å²) in [5, 5.41) is 0. The number of carbonyl (C=O) groups excluding carboxylic acids is 2. The lowest BCUT2D eigenvalue weighted by molar-refractivity contribution is -0.148.